The summed E-state index contributed by atoms with van der Waals surface area (Å²) in [7, 11) is 5.57. The molecule has 0 aliphatic carbocycles. The summed E-state index contributed by atoms with van der Waals surface area (Å²) in [4.78, 5) is 20.5. The van der Waals surface area contributed by atoms with Crippen LogP contribution in [-0.2, 0) is 4.74 Å². The topological polar surface area (TPSA) is 71.7 Å². The Morgan fingerprint density at radius 2 is 2.38 bits per heavy atom. The monoisotopic (exact) mass is 330 g/mol. The average molecular weight is 330 g/mol. The Bertz CT molecular complexity index is 688. The number of carbonyl (C=O) groups excluding carboxylic acids is 1. The maximum atomic E-state index is 12.6. The average Bonchev–Trinajstić information content (AvgIpc) is 3.22. The lowest BCUT2D eigenvalue weighted by Crippen LogP contribution is -2.39. The van der Waals surface area contributed by atoms with Gasteiger partial charge in [0.25, 0.3) is 5.91 Å². The van der Waals surface area contributed by atoms with Crippen LogP contribution in [0.5, 0.6) is 0 Å². The van der Waals surface area contributed by atoms with Crippen molar-refractivity contribution < 1.29 is 14.1 Å². The summed E-state index contributed by atoms with van der Waals surface area (Å²) in [5, 5.41) is 3.91. The SMILES string of the molecule is CO[C@H]1C[C@@H](CN(C)C(=O)c2cc(-c3cccnc3)on2)N(C)C1. The van der Waals surface area contributed by atoms with E-state index in [1.54, 1.807) is 37.5 Å². The number of methoxy groups -OCH3 is 1. The lowest BCUT2D eigenvalue weighted by molar-refractivity contribution is 0.0750. The summed E-state index contributed by atoms with van der Waals surface area (Å²) in [6.07, 6.45) is 4.51. The van der Waals surface area contributed by atoms with Gasteiger partial charge in [0.2, 0.25) is 0 Å². The van der Waals surface area contributed by atoms with Crippen molar-refractivity contribution in [2.75, 3.05) is 34.3 Å². The molecular formula is C17H22N4O3. The predicted molar refractivity (Wildman–Crippen MR) is 88.5 cm³/mol. The molecule has 1 amide bonds. The molecule has 1 aliphatic heterocycles. The van der Waals surface area contributed by atoms with Crippen LogP contribution < -0.4 is 0 Å². The Labute approximate surface area is 141 Å². The third-order valence-electron chi connectivity index (χ3n) is 4.49. The third kappa shape index (κ3) is 3.47. The number of likely N-dealkylation sites (tertiary alicyclic amines) is 1. The number of carbonyl (C=O) groups is 1. The van der Waals surface area contributed by atoms with Crippen LogP contribution >= 0.6 is 0 Å². The highest BCUT2D eigenvalue weighted by Crippen LogP contribution is 2.21. The lowest BCUT2D eigenvalue weighted by Gasteiger charge is -2.24. The maximum Gasteiger partial charge on any atom is 0.275 e. The number of amides is 1. The second-order valence-electron chi connectivity index (χ2n) is 6.19. The van der Waals surface area contributed by atoms with Gasteiger partial charge in [0, 0.05) is 57.3 Å². The van der Waals surface area contributed by atoms with Gasteiger partial charge in [-0.05, 0) is 25.6 Å². The van der Waals surface area contributed by atoms with E-state index < -0.39 is 0 Å². The molecule has 0 spiro atoms. The summed E-state index contributed by atoms with van der Waals surface area (Å²) in [6.45, 7) is 1.52. The molecule has 1 saturated heterocycles. The number of likely N-dealkylation sites (N-methyl/N-ethyl adjacent to an activating group) is 2. The number of aromatic nitrogens is 2. The van der Waals surface area contributed by atoms with Crippen molar-refractivity contribution in [1.82, 2.24) is 19.9 Å². The quantitative estimate of drug-likeness (QED) is 0.828. The molecule has 0 radical (unpaired) electrons. The molecule has 1 aliphatic rings. The molecule has 0 saturated carbocycles. The summed E-state index contributed by atoms with van der Waals surface area (Å²) in [5.41, 5.74) is 1.10. The fourth-order valence-electron chi connectivity index (χ4n) is 3.03. The minimum absolute atomic E-state index is 0.150. The molecule has 0 unspecified atom stereocenters. The van der Waals surface area contributed by atoms with Crippen molar-refractivity contribution in [2.24, 2.45) is 0 Å². The molecule has 2 aromatic rings. The van der Waals surface area contributed by atoms with E-state index in [1.165, 1.54) is 0 Å². The zero-order valence-corrected chi connectivity index (χ0v) is 14.2. The van der Waals surface area contributed by atoms with Crippen molar-refractivity contribution >= 4 is 5.91 Å². The smallest absolute Gasteiger partial charge is 0.275 e. The van der Waals surface area contributed by atoms with E-state index in [9.17, 15) is 4.79 Å². The molecule has 7 heteroatoms. The summed E-state index contributed by atoms with van der Waals surface area (Å²) in [6, 6.07) is 5.62. The van der Waals surface area contributed by atoms with Crippen molar-refractivity contribution in [3.8, 4) is 11.3 Å². The second kappa shape index (κ2) is 7.11. The molecule has 2 aromatic heterocycles. The van der Waals surface area contributed by atoms with E-state index in [2.05, 4.69) is 22.1 Å². The molecule has 3 heterocycles. The van der Waals surface area contributed by atoms with Gasteiger partial charge in [-0.2, -0.15) is 0 Å². The van der Waals surface area contributed by atoms with Gasteiger partial charge in [-0.15, -0.1) is 0 Å². The number of rotatable bonds is 5. The van der Waals surface area contributed by atoms with Gasteiger partial charge in [-0.1, -0.05) is 5.16 Å². The lowest BCUT2D eigenvalue weighted by atomic mass is 10.1. The van der Waals surface area contributed by atoms with Gasteiger partial charge in [0.1, 0.15) is 0 Å². The van der Waals surface area contributed by atoms with Crippen LogP contribution in [0.15, 0.2) is 35.1 Å². The first-order valence-electron chi connectivity index (χ1n) is 7.94. The summed E-state index contributed by atoms with van der Waals surface area (Å²) >= 11 is 0. The van der Waals surface area contributed by atoms with Crippen molar-refractivity contribution in [3.63, 3.8) is 0 Å². The molecule has 0 bridgehead atoms. The van der Waals surface area contributed by atoms with Crippen LogP contribution in [-0.4, -0.2) is 72.3 Å². The molecule has 1 fully saturated rings. The minimum Gasteiger partial charge on any atom is -0.380 e. The maximum absolute atomic E-state index is 12.6. The van der Waals surface area contributed by atoms with Crippen LogP contribution in [0, 0.1) is 0 Å². The molecule has 3 rings (SSSR count). The Hall–Kier alpha value is -2.25. The fourth-order valence-corrected chi connectivity index (χ4v) is 3.03. The van der Waals surface area contributed by atoms with Gasteiger partial charge >= 0.3 is 0 Å². The van der Waals surface area contributed by atoms with Crippen molar-refractivity contribution in [1.29, 1.82) is 0 Å². The number of ether oxygens (including phenoxy) is 1. The number of pyridine rings is 1. The van der Waals surface area contributed by atoms with E-state index in [1.807, 2.05) is 12.1 Å². The first kappa shape index (κ1) is 16.6. The van der Waals surface area contributed by atoms with Crippen molar-refractivity contribution in [3.05, 3.63) is 36.3 Å². The van der Waals surface area contributed by atoms with E-state index in [4.69, 9.17) is 9.26 Å². The fraction of sp³-hybridized carbons (Fsp3) is 0.471. The van der Waals surface area contributed by atoms with Crippen LogP contribution in [0.1, 0.15) is 16.9 Å². The number of nitrogens with zero attached hydrogens (tertiary/aromatic N) is 4. The van der Waals surface area contributed by atoms with Crippen LogP contribution in [0.3, 0.4) is 0 Å². The standard InChI is InChI=1S/C17H22N4O3/c1-20-11-14(23-3)7-13(20)10-21(2)17(22)15-8-16(24-19-15)12-5-4-6-18-9-12/h4-6,8-9,13-14H,7,10-11H2,1-3H3/t13-,14-/m0/s1. The Balaban J connectivity index is 1.65. The van der Waals surface area contributed by atoms with Gasteiger partial charge < -0.3 is 14.2 Å². The second-order valence-corrected chi connectivity index (χ2v) is 6.19. The van der Waals surface area contributed by atoms with Crippen LogP contribution in [0.2, 0.25) is 0 Å². The van der Waals surface area contributed by atoms with E-state index in [0.29, 0.717) is 18.0 Å². The summed E-state index contributed by atoms with van der Waals surface area (Å²) < 4.78 is 10.7. The minimum atomic E-state index is -0.150. The van der Waals surface area contributed by atoms with Crippen LogP contribution in [0.4, 0.5) is 0 Å². The predicted octanol–water partition coefficient (Wildman–Crippen LogP) is 1.53. The molecule has 2 atom stereocenters. The first-order chi connectivity index (χ1) is 11.6. The molecular weight excluding hydrogens is 308 g/mol. The highest BCUT2D eigenvalue weighted by atomic mass is 16.5. The molecule has 128 valence electrons. The molecule has 24 heavy (non-hydrogen) atoms. The van der Waals surface area contributed by atoms with Crippen molar-refractivity contribution in [2.45, 2.75) is 18.6 Å². The molecule has 0 aromatic carbocycles. The Morgan fingerprint density at radius 1 is 1.54 bits per heavy atom. The largest absolute Gasteiger partial charge is 0.380 e. The first-order valence-corrected chi connectivity index (χ1v) is 7.94. The van der Waals surface area contributed by atoms with E-state index in [-0.39, 0.29) is 18.1 Å². The zero-order valence-electron chi connectivity index (χ0n) is 14.2. The zero-order chi connectivity index (χ0) is 17.1. The van der Waals surface area contributed by atoms with Gasteiger partial charge in [-0.3, -0.25) is 14.7 Å². The molecule has 7 nitrogen and oxygen atoms in total. The van der Waals surface area contributed by atoms with Gasteiger partial charge in [0.15, 0.2) is 11.5 Å². The Morgan fingerprint density at radius 3 is 3.04 bits per heavy atom. The highest BCUT2D eigenvalue weighted by Gasteiger charge is 2.31. The number of hydrogen-bond donors (Lipinski definition) is 0. The van der Waals surface area contributed by atoms with E-state index >= 15 is 0 Å². The normalized spacial score (nSPS) is 21.1. The highest BCUT2D eigenvalue weighted by molar-refractivity contribution is 5.92. The summed E-state index contributed by atoms with van der Waals surface area (Å²) in [5.74, 6) is 0.389. The Kier molecular flexibility index (Phi) is 4.92. The van der Waals surface area contributed by atoms with Gasteiger partial charge in [0.05, 0.1) is 6.10 Å². The van der Waals surface area contributed by atoms with E-state index in [0.717, 1.165) is 18.5 Å². The number of hydrogen-bond acceptors (Lipinski definition) is 6. The molecule has 0 N–H and O–H groups in total. The van der Waals surface area contributed by atoms with Gasteiger partial charge in [-0.25, -0.2) is 0 Å². The third-order valence-corrected chi connectivity index (χ3v) is 4.49. The van der Waals surface area contributed by atoms with Crippen LogP contribution in [0.25, 0.3) is 11.3 Å².